The van der Waals surface area contributed by atoms with Gasteiger partial charge in [-0.05, 0) is 53.9 Å². The topological polar surface area (TPSA) is 73.6 Å². The second kappa shape index (κ2) is 8.35. The zero-order chi connectivity index (χ0) is 22.0. The Morgan fingerprint density at radius 3 is 2.32 bits per heavy atom. The van der Waals surface area contributed by atoms with E-state index < -0.39 is 15.7 Å². The molecule has 0 spiro atoms. The van der Waals surface area contributed by atoms with E-state index in [1.807, 2.05) is 6.92 Å². The first kappa shape index (κ1) is 20.8. The van der Waals surface area contributed by atoms with Gasteiger partial charge in [0.1, 0.15) is 22.0 Å². The van der Waals surface area contributed by atoms with Gasteiger partial charge in [-0.2, -0.15) is 8.42 Å². The summed E-state index contributed by atoms with van der Waals surface area (Å²) in [5.74, 6) is -0.296. The largest absolute Gasteiger partial charge is 0.422 e. The molecule has 0 saturated carbocycles. The van der Waals surface area contributed by atoms with Gasteiger partial charge >= 0.3 is 15.7 Å². The molecule has 0 bridgehead atoms. The Labute approximate surface area is 178 Å². The van der Waals surface area contributed by atoms with Gasteiger partial charge in [0.15, 0.2) is 0 Å². The molecule has 0 unspecified atom stereocenters. The molecule has 31 heavy (non-hydrogen) atoms. The van der Waals surface area contributed by atoms with Crippen molar-refractivity contribution in [3.8, 4) is 5.75 Å². The molecule has 3 aromatic carbocycles. The van der Waals surface area contributed by atoms with Gasteiger partial charge in [0.25, 0.3) is 0 Å². The number of halogens is 1. The molecule has 1 aromatic heterocycles. The summed E-state index contributed by atoms with van der Waals surface area (Å²) in [6.45, 7) is 1.92. The maximum absolute atomic E-state index is 13.2. The predicted octanol–water partition coefficient (Wildman–Crippen LogP) is 4.85. The van der Waals surface area contributed by atoms with E-state index in [0.29, 0.717) is 23.8 Å². The quantitative estimate of drug-likeness (QED) is 0.318. The highest BCUT2D eigenvalue weighted by Gasteiger charge is 2.19. The van der Waals surface area contributed by atoms with Gasteiger partial charge in [0, 0.05) is 23.4 Å². The molecule has 158 valence electrons. The van der Waals surface area contributed by atoms with Crippen LogP contribution in [0.4, 0.5) is 4.39 Å². The summed E-state index contributed by atoms with van der Waals surface area (Å²) in [7, 11) is -4.01. The highest BCUT2D eigenvalue weighted by molar-refractivity contribution is 7.87. The summed E-state index contributed by atoms with van der Waals surface area (Å²) >= 11 is 0. The minimum absolute atomic E-state index is 0.0282. The molecule has 7 heteroatoms. The summed E-state index contributed by atoms with van der Waals surface area (Å²) in [4.78, 5) is 12.7. The van der Waals surface area contributed by atoms with Crippen molar-refractivity contribution in [2.45, 2.75) is 24.7 Å². The van der Waals surface area contributed by atoms with E-state index in [9.17, 15) is 17.6 Å². The first-order valence-electron chi connectivity index (χ1n) is 9.70. The summed E-state index contributed by atoms with van der Waals surface area (Å²) in [6.07, 6.45) is 0.878. The number of hydrogen-bond acceptors (Lipinski definition) is 5. The Bertz CT molecular complexity index is 1390. The van der Waals surface area contributed by atoms with Crippen molar-refractivity contribution in [3.63, 3.8) is 0 Å². The Hall–Kier alpha value is -3.45. The van der Waals surface area contributed by atoms with E-state index in [0.717, 1.165) is 11.1 Å². The number of aryl methyl sites for hydroxylation is 1. The predicted molar refractivity (Wildman–Crippen MR) is 115 cm³/mol. The minimum Gasteiger partial charge on any atom is -0.422 e. The average molecular weight is 438 g/mol. The SMILES string of the molecule is CCc1c(Cc2ccc(F)cc2)c(=O)oc2cc(OS(=O)(=O)c3ccccc3)ccc12. The van der Waals surface area contributed by atoms with Crippen LogP contribution in [0.1, 0.15) is 23.6 Å². The summed E-state index contributed by atoms with van der Waals surface area (Å²) in [5.41, 5.74) is 1.80. The lowest BCUT2D eigenvalue weighted by molar-refractivity contribution is 0.485. The van der Waals surface area contributed by atoms with Crippen LogP contribution in [-0.2, 0) is 23.0 Å². The molecule has 0 radical (unpaired) electrons. The lowest BCUT2D eigenvalue weighted by Crippen LogP contribution is -2.13. The van der Waals surface area contributed by atoms with Crippen molar-refractivity contribution in [3.05, 3.63) is 106 Å². The smallest absolute Gasteiger partial charge is 0.340 e. The van der Waals surface area contributed by atoms with Crippen LogP contribution in [0.3, 0.4) is 0 Å². The molecule has 5 nitrogen and oxygen atoms in total. The number of fused-ring (bicyclic) bond motifs is 1. The number of benzene rings is 3. The zero-order valence-corrected chi connectivity index (χ0v) is 17.5. The molecule has 0 fully saturated rings. The molecule has 0 N–H and O–H groups in total. The van der Waals surface area contributed by atoms with Crippen molar-refractivity contribution in [2.75, 3.05) is 0 Å². The summed E-state index contributed by atoms with van der Waals surface area (Å²) < 4.78 is 48.8. The van der Waals surface area contributed by atoms with Crippen LogP contribution in [0.2, 0.25) is 0 Å². The van der Waals surface area contributed by atoms with Gasteiger partial charge in [0.2, 0.25) is 0 Å². The van der Waals surface area contributed by atoms with Gasteiger partial charge in [0.05, 0.1) is 0 Å². The second-order valence-electron chi connectivity index (χ2n) is 7.01. The molecule has 0 saturated heterocycles. The fraction of sp³-hybridized carbons (Fsp3) is 0.125. The Kier molecular flexibility index (Phi) is 5.61. The van der Waals surface area contributed by atoms with Gasteiger partial charge in [-0.3, -0.25) is 0 Å². The molecule has 0 aliphatic rings. The fourth-order valence-corrected chi connectivity index (χ4v) is 4.43. The van der Waals surface area contributed by atoms with Crippen LogP contribution < -0.4 is 9.81 Å². The Balaban J connectivity index is 1.72. The van der Waals surface area contributed by atoms with Crippen LogP contribution in [0.25, 0.3) is 11.0 Å². The second-order valence-corrected chi connectivity index (χ2v) is 8.56. The first-order chi connectivity index (χ1) is 14.9. The zero-order valence-electron chi connectivity index (χ0n) is 16.7. The highest BCUT2D eigenvalue weighted by atomic mass is 32.2. The first-order valence-corrected chi connectivity index (χ1v) is 11.1. The van der Waals surface area contributed by atoms with Crippen molar-refractivity contribution < 1.29 is 21.4 Å². The molecule has 4 rings (SSSR count). The van der Waals surface area contributed by atoms with Gasteiger partial charge in [-0.15, -0.1) is 0 Å². The van der Waals surface area contributed by atoms with Gasteiger partial charge in [-0.1, -0.05) is 37.3 Å². The third-order valence-electron chi connectivity index (χ3n) is 4.98. The van der Waals surface area contributed by atoms with Crippen molar-refractivity contribution >= 4 is 21.1 Å². The monoisotopic (exact) mass is 438 g/mol. The standard InChI is InChI=1S/C24H19FO5S/c1-2-20-21-13-12-18(30-31(27,28)19-6-4-3-5-7-19)15-23(21)29-24(26)22(20)14-16-8-10-17(25)11-9-16/h3-13,15H,2,14H2,1H3. The maximum Gasteiger partial charge on any atom is 0.340 e. The average Bonchev–Trinajstić information content (AvgIpc) is 2.76. The van der Waals surface area contributed by atoms with E-state index in [2.05, 4.69) is 0 Å². The lowest BCUT2D eigenvalue weighted by Gasteiger charge is -2.12. The van der Waals surface area contributed by atoms with Crippen LogP contribution in [0, 0.1) is 5.82 Å². The van der Waals surface area contributed by atoms with Crippen LogP contribution in [0.5, 0.6) is 5.75 Å². The molecular formula is C24H19FO5S. The van der Waals surface area contributed by atoms with Crippen molar-refractivity contribution in [1.29, 1.82) is 0 Å². The number of rotatable bonds is 6. The van der Waals surface area contributed by atoms with Crippen molar-refractivity contribution in [2.24, 2.45) is 0 Å². The molecule has 4 aromatic rings. The van der Waals surface area contributed by atoms with Gasteiger partial charge < -0.3 is 8.60 Å². The van der Waals surface area contributed by atoms with E-state index >= 15 is 0 Å². The molecule has 0 aliphatic carbocycles. The Morgan fingerprint density at radius 2 is 1.65 bits per heavy atom. The van der Waals surface area contributed by atoms with Gasteiger partial charge in [-0.25, -0.2) is 9.18 Å². The maximum atomic E-state index is 13.2. The van der Waals surface area contributed by atoms with Crippen LogP contribution in [-0.4, -0.2) is 8.42 Å². The summed E-state index contributed by atoms with van der Waals surface area (Å²) in [5, 5.41) is 0.698. The fourth-order valence-electron chi connectivity index (χ4n) is 3.49. The van der Waals surface area contributed by atoms with E-state index in [4.69, 9.17) is 8.60 Å². The van der Waals surface area contributed by atoms with E-state index in [1.165, 1.54) is 36.4 Å². The van der Waals surface area contributed by atoms with E-state index in [-0.39, 0.29) is 22.0 Å². The minimum atomic E-state index is -4.01. The third kappa shape index (κ3) is 4.36. The molecule has 0 amide bonds. The third-order valence-corrected chi connectivity index (χ3v) is 6.24. The number of hydrogen-bond donors (Lipinski definition) is 0. The van der Waals surface area contributed by atoms with Crippen molar-refractivity contribution in [1.82, 2.24) is 0 Å². The molecular weight excluding hydrogens is 419 g/mol. The normalized spacial score (nSPS) is 11.5. The molecule has 0 aliphatic heterocycles. The lowest BCUT2D eigenvalue weighted by atomic mass is 9.97. The van der Waals surface area contributed by atoms with Crippen LogP contribution in [0.15, 0.2) is 86.9 Å². The summed E-state index contributed by atoms with van der Waals surface area (Å²) in [6, 6.07) is 18.4. The highest BCUT2D eigenvalue weighted by Crippen LogP contribution is 2.28. The van der Waals surface area contributed by atoms with Crippen LogP contribution >= 0.6 is 0 Å². The Morgan fingerprint density at radius 1 is 0.935 bits per heavy atom. The molecule has 1 heterocycles. The molecule has 0 atom stereocenters. The van der Waals surface area contributed by atoms with E-state index in [1.54, 1.807) is 36.4 Å².